The lowest BCUT2D eigenvalue weighted by atomic mass is 9.99. The summed E-state index contributed by atoms with van der Waals surface area (Å²) in [6.07, 6.45) is 3.43. The second kappa shape index (κ2) is 12.0. The third-order valence-electron chi connectivity index (χ3n) is 9.56. The first kappa shape index (κ1) is 27.9. The fourth-order valence-electron chi connectivity index (χ4n) is 7.22. The van der Waals surface area contributed by atoms with Crippen LogP contribution in [0.3, 0.4) is 0 Å². The number of amides is 2. The Bertz CT molecular complexity index is 1230. The number of nitrogens with zero attached hydrogens (tertiary/aromatic N) is 5. The number of hydrogen-bond acceptors (Lipinski definition) is 10. The van der Waals surface area contributed by atoms with E-state index in [2.05, 4.69) is 79.2 Å². The summed E-state index contributed by atoms with van der Waals surface area (Å²) < 4.78 is 5.96. The minimum Gasteiger partial charge on any atom is -0.369 e. The van der Waals surface area contributed by atoms with Gasteiger partial charge in [-0.25, -0.2) is 0 Å². The summed E-state index contributed by atoms with van der Waals surface area (Å²) in [7, 11) is 2.17. The number of likely N-dealkylation sites (N-methyl/N-ethyl adjacent to an activating group) is 1. The van der Waals surface area contributed by atoms with E-state index in [0.717, 1.165) is 64.0 Å². The van der Waals surface area contributed by atoms with Crippen LogP contribution in [0.1, 0.15) is 32.1 Å². The van der Waals surface area contributed by atoms with E-state index in [0.29, 0.717) is 19.6 Å². The number of piperidine rings is 1. The molecule has 2 amide bonds. The Morgan fingerprint density at radius 1 is 1.00 bits per heavy atom. The van der Waals surface area contributed by atoms with Crippen molar-refractivity contribution in [2.24, 2.45) is 5.92 Å². The average molecular weight is 578 g/mol. The molecule has 6 atom stereocenters. The fourth-order valence-corrected chi connectivity index (χ4v) is 7.22. The van der Waals surface area contributed by atoms with Crippen LogP contribution >= 0.6 is 0 Å². The van der Waals surface area contributed by atoms with Gasteiger partial charge in [0, 0.05) is 57.1 Å². The molecular formula is C30H43N9O3. The van der Waals surface area contributed by atoms with E-state index in [9.17, 15) is 9.59 Å². The number of hydrogen-bond donors (Lipinski definition) is 4. The lowest BCUT2D eigenvalue weighted by molar-refractivity contribution is -0.176. The first-order valence-electron chi connectivity index (χ1n) is 15.6. The van der Waals surface area contributed by atoms with Gasteiger partial charge in [0.2, 0.25) is 11.8 Å². The number of carbonyl (C=O) groups is 2. The lowest BCUT2D eigenvalue weighted by Crippen LogP contribution is -2.72. The summed E-state index contributed by atoms with van der Waals surface area (Å²) in [5.74, 6) is 6.40. The minimum absolute atomic E-state index is 0.0284. The summed E-state index contributed by atoms with van der Waals surface area (Å²) >= 11 is 0. The van der Waals surface area contributed by atoms with Crippen LogP contribution in [0.25, 0.3) is 0 Å². The molecule has 5 fully saturated rings. The predicted octanol–water partition coefficient (Wildman–Crippen LogP) is -0.221. The van der Waals surface area contributed by atoms with Crippen molar-refractivity contribution in [2.75, 3.05) is 69.7 Å². The molecule has 0 aliphatic carbocycles. The van der Waals surface area contributed by atoms with Crippen molar-refractivity contribution >= 4 is 23.2 Å². The molecule has 2 bridgehead atoms. The van der Waals surface area contributed by atoms with E-state index < -0.39 is 0 Å². The van der Waals surface area contributed by atoms with E-state index in [-0.39, 0.29) is 55.2 Å². The highest BCUT2D eigenvalue weighted by Crippen LogP contribution is 2.33. The Hall–Kier alpha value is -2.92. The van der Waals surface area contributed by atoms with E-state index in [1.807, 2.05) is 9.91 Å². The molecule has 42 heavy (non-hydrogen) atoms. The monoisotopic (exact) mass is 577 g/mol. The van der Waals surface area contributed by atoms with Crippen molar-refractivity contribution in [1.82, 2.24) is 35.8 Å². The van der Waals surface area contributed by atoms with Crippen LogP contribution in [0.4, 0.5) is 11.4 Å². The molecule has 4 N–H and O–H groups in total. The number of morpholine rings is 1. The molecular weight excluding hydrogens is 534 g/mol. The molecule has 0 radical (unpaired) electrons. The molecule has 226 valence electrons. The standard InChI is InChI=1S/C30H43N9O3/c1-35-14-16-36(17-15-35)22-9-7-8-21(18-22)32-30-31-19-23-27(34-30)39-25-11-10-24-28(33-25)37(26(40)20-42-24)12-5-3-2-4-6-13-38(39)29(23)41/h7-9,18,23-25,27-28,30-34H,2-3,5,10-17,19-20H2,1H3. The normalized spacial score (nSPS) is 34.4. The first-order chi connectivity index (χ1) is 20.5. The maximum absolute atomic E-state index is 13.8. The molecule has 0 saturated carbocycles. The second-order valence-electron chi connectivity index (χ2n) is 12.3. The highest BCUT2D eigenvalue weighted by Gasteiger charge is 2.53. The minimum atomic E-state index is -0.241. The molecule has 12 heteroatoms. The molecule has 0 spiro atoms. The van der Waals surface area contributed by atoms with Gasteiger partial charge in [-0.1, -0.05) is 12.0 Å². The Balaban J connectivity index is 1.11. The third kappa shape index (κ3) is 5.45. The number of carbonyl (C=O) groups excluding carboxylic acids is 2. The number of ether oxygens (including phenoxy) is 1. The van der Waals surface area contributed by atoms with Crippen molar-refractivity contribution in [1.29, 1.82) is 0 Å². The summed E-state index contributed by atoms with van der Waals surface area (Å²) in [6.45, 7) is 5.92. The van der Waals surface area contributed by atoms with E-state index >= 15 is 0 Å². The zero-order chi connectivity index (χ0) is 28.6. The van der Waals surface area contributed by atoms with Gasteiger partial charge in [-0.2, -0.15) is 5.01 Å². The Kier molecular flexibility index (Phi) is 7.96. The largest absolute Gasteiger partial charge is 0.369 e. The van der Waals surface area contributed by atoms with Gasteiger partial charge in [0.25, 0.3) is 0 Å². The Labute approximate surface area is 248 Å². The van der Waals surface area contributed by atoms with Crippen LogP contribution in [0.5, 0.6) is 0 Å². The fraction of sp³-hybridized carbons (Fsp3) is 0.667. The molecule has 5 saturated heterocycles. The predicted molar refractivity (Wildman–Crippen MR) is 159 cm³/mol. The average Bonchev–Trinajstić information content (AvgIpc) is 3.28. The lowest BCUT2D eigenvalue weighted by Gasteiger charge is -2.50. The van der Waals surface area contributed by atoms with Crippen LogP contribution in [-0.4, -0.2) is 122 Å². The van der Waals surface area contributed by atoms with E-state index in [4.69, 9.17) is 4.74 Å². The third-order valence-corrected chi connectivity index (χ3v) is 9.56. The maximum Gasteiger partial charge on any atom is 0.249 e. The van der Waals surface area contributed by atoms with Crippen LogP contribution < -0.4 is 26.2 Å². The van der Waals surface area contributed by atoms with Crippen molar-refractivity contribution in [2.45, 2.75) is 63.0 Å². The number of benzene rings is 1. The van der Waals surface area contributed by atoms with Gasteiger partial charge in [-0.05, 0) is 50.9 Å². The van der Waals surface area contributed by atoms with Crippen molar-refractivity contribution in [3.63, 3.8) is 0 Å². The highest BCUT2D eigenvalue weighted by atomic mass is 16.5. The van der Waals surface area contributed by atoms with Gasteiger partial charge in [0.15, 0.2) is 0 Å². The number of nitrogens with one attached hydrogen (secondary N) is 4. The topological polar surface area (TPSA) is 108 Å². The van der Waals surface area contributed by atoms with Crippen LogP contribution in [0.2, 0.25) is 0 Å². The molecule has 6 aliphatic heterocycles. The number of hydrazine groups is 1. The number of fused-ring (bicyclic) bond motifs is 5. The van der Waals surface area contributed by atoms with Gasteiger partial charge in [0.1, 0.15) is 19.1 Å². The zero-order valence-corrected chi connectivity index (χ0v) is 24.4. The van der Waals surface area contributed by atoms with Crippen LogP contribution in [-0.2, 0) is 14.3 Å². The van der Waals surface area contributed by atoms with Gasteiger partial charge in [-0.15, -0.1) is 5.92 Å². The molecule has 0 aromatic heterocycles. The number of piperazine rings is 1. The first-order valence-corrected chi connectivity index (χ1v) is 15.6. The Morgan fingerprint density at radius 3 is 2.76 bits per heavy atom. The van der Waals surface area contributed by atoms with Gasteiger partial charge >= 0.3 is 0 Å². The maximum atomic E-state index is 13.8. The molecule has 12 nitrogen and oxygen atoms in total. The smallest absolute Gasteiger partial charge is 0.249 e. The quantitative estimate of drug-likeness (QED) is 0.360. The van der Waals surface area contributed by atoms with Crippen molar-refractivity contribution < 1.29 is 14.3 Å². The zero-order valence-electron chi connectivity index (χ0n) is 24.4. The molecule has 6 heterocycles. The summed E-state index contributed by atoms with van der Waals surface area (Å²) in [5.41, 5.74) is 2.25. The highest BCUT2D eigenvalue weighted by molar-refractivity contribution is 5.82. The molecule has 6 unspecified atom stereocenters. The summed E-state index contributed by atoms with van der Waals surface area (Å²) in [5, 5.41) is 18.6. The molecule has 7 rings (SSSR count). The molecule has 6 aliphatic rings. The van der Waals surface area contributed by atoms with Crippen molar-refractivity contribution in [3.8, 4) is 11.8 Å². The molecule has 1 aromatic carbocycles. The van der Waals surface area contributed by atoms with Gasteiger partial charge < -0.3 is 24.8 Å². The molecule has 1 aromatic rings. The SMILES string of the molecule is CN1CCN(c2cccc(NC3NCC4C(=O)N5CC#CCCCCN6C(=O)COC7CCC(NC76)N5C4N3)c2)CC1. The van der Waals surface area contributed by atoms with Gasteiger partial charge in [0.05, 0.1) is 30.9 Å². The number of rotatable bonds is 3. The Morgan fingerprint density at radius 2 is 1.88 bits per heavy atom. The van der Waals surface area contributed by atoms with E-state index in [1.54, 1.807) is 0 Å². The van der Waals surface area contributed by atoms with Crippen LogP contribution in [0.15, 0.2) is 24.3 Å². The second-order valence-corrected chi connectivity index (χ2v) is 12.3. The number of anilines is 2. The van der Waals surface area contributed by atoms with Crippen LogP contribution in [0, 0.1) is 17.8 Å². The van der Waals surface area contributed by atoms with Crippen molar-refractivity contribution in [3.05, 3.63) is 24.3 Å². The van der Waals surface area contributed by atoms with E-state index in [1.165, 1.54) is 5.69 Å². The summed E-state index contributed by atoms with van der Waals surface area (Å²) in [6, 6.07) is 8.57. The van der Waals surface area contributed by atoms with Gasteiger partial charge in [-0.3, -0.25) is 30.5 Å². The summed E-state index contributed by atoms with van der Waals surface area (Å²) in [4.78, 5) is 33.4.